The normalized spacial score (nSPS) is 23.4. The van der Waals surface area contributed by atoms with Gasteiger partial charge in [0.1, 0.15) is 5.75 Å². The van der Waals surface area contributed by atoms with E-state index < -0.39 is 0 Å². The molecule has 1 heterocycles. The Morgan fingerprint density at radius 3 is 2.94 bits per heavy atom. The van der Waals surface area contributed by atoms with Gasteiger partial charge in [-0.25, -0.2) is 0 Å². The van der Waals surface area contributed by atoms with Gasteiger partial charge in [-0.1, -0.05) is 13.0 Å². The van der Waals surface area contributed by atoms with Crippen molar-refractivity contribution in [2.45, 2.75) is 6.92 Å². The van der Waals surface area contributed by atoms with Crippen molar-refractivity contribution in [1.82, 2.24) is 5.32 Å². The molecule has 0 aromatic heterocycles. The summed E-state index contributed by atoms with van der Waals surface area (Å²) < 4.78 is 5.12. The van der Waals surface area contributed by atoms with Gasteiger partial charge in [-0.2, -0.15) is 0 Å². The van der Waals surface area contributed by atoms with E-state index in [-0.39, 0.29) is 11.8 Å². The van der Waals surface area contributed by atoms with Crippen molar-refractivity contribution in [2.24, 2.45) is 11.8 Å². The summed E-state index contributed by atoms with van der Waals surface area (Å²) in [6.45, 7) is 3.77. The molecular formula is C13H18N2O2. The van der Waals surface area contributed by atoms with Crippen LogP contribution >= 0.6 is 0 Å². The standard InChI is InChI=1S/C13H18N2O2/c1-9-7-14-8-12(9)13(16)15-10-4-3-5-11(6-10)17-2/h3-6,9,12,14H,7-8H2,1-2H3,(H,15,16). The maximum absolute atomic E-state index is 12.0. The summed E-state index contributed by atoms with van der Waals surface area (Å²) in [6.07, 6.45) is 0. The second-order valence-electron chi connectivity index (χ2n) is 4.46. The van der Waals surface area contributed by atoms with Crippen LogP contribution in [0.4, 0.5) is 5.69 Å². The van der Waals surface area contributed by atoms with E-state index in [1.54, 1.807) is 7.11 Å². The number of ether oxygens (including phenoxy) is 1. The summed E-state index contributed by atoms with van der Waals surface area (Å²) in [5.41, 5.74) is 0.786. The van der Waals surface area contributed by atoms with E-state index in [0.29, 0.717) is 5.92 Å². The van der Waals surface area contributed by atoms with Gasteiger partial charge in [0.15, 0.2) is 0 Å². The Labute approximate surface area is 101 Å². The summed E-state index contributed by atoms with van der Waals surface area (Å²) in [6, 6.07) is 7.42. The summed E-state index contributed by atoms with van der Waals surface area (Å²) in [4.78, 5) is 12.0. The second-order valence-corrected chi connectivity index (χ2v) is 4.46. The van der Waals surface area contributed by atoms with Crippen LogP contribution in [0.25, 0.3) is 0 Å². The van der Waals surface area contributed by atoms with E-state index in [2.05, 4.69) is 17.6 Å². The maximum Gasteiger partial charge on any atom is 0.229 e. The fourth-order valence-electron chi connectivity index (χ4n) is 2.10. The molecule has 0 radical (unpaired) electrons. The summed E-state index contributed by atoms with van der Waals surface area (Å²) in [5.74, 6) is 1.28. The van der Waals surface area contributed by atoms with E-state index in [0.717, 1.165) is 24.5 Å². The number of hydrogen-bond acceptors (Lipinski definition) is 3. The molecular weight excluding hydrogens is 216 g/mol. The first-order chi connectivity index (χ1) is 8.20. The van der Waals surface area contributed by atoms with Gasteiger partial charge in [0, 0.05) is 18.3 Å². The van der Waals surface area contributed by atoms with Gasteiger partial charge in [-0.15, -0.1) is 0 Å². The predicted molar refractivity (Wildman–Crippen MR) is 67.1 cm³/mol. The maximum atomic E-state index is 12.0. The van der Waals surface area contributed by atoms with Gasteiger partial charge < -0.3 is 15.4 Å². The lowest BCUT2D eigenvalue weighted by Crippen LogP contribution is -2.27. The van der Waals surface area contributed by atoms with Crippen LogP contribution in [0.2, 0.25) is 0 Å². The van der Waals surface area contributed by atoms with Crippen molar-refractivity contribution in [3.63, 3.8) is 0 Å². The fourth-order valence-corrected chi connectivity index (χ4v) is 2.10. The van der Waals surface area contributed by atoms with Crippen molar-refractivity contribution in [2.75, 3.05) is 25.5 Å². The van der Waals surface area contributed by atoms with Gasteiger partial charge in [0.05, 0.1) is 13.0 Å². The molecule has 1 aliphatic heterocycles. The first kappa shape index (κ1) is 11.9. The largest absolute Gasteiger partial charge is 0.497 e. The molecule has 0 bridgehead atoms. The highest BCUT2D eigenvalue weighted by Crippen LogP contribution is 2.20. The molecule has 1 aromatic rings. The Hall–Kier alpha value is -1.55. The molecule has 2 atom stereocenters. The molecule has 1 aromatic carbocycles. The minimum atomic E-state index is 0.0567. The van der Waals surface area contributed by atoms with Crippen LogP contribution in [-0.4, -0.2) is 26.1 Å². The lowest BCUT2D eigenvalue weighted by molar-refractivity contribution is -0.120. The number of benzene rings is 1. The van der Waals surface area contributed by atoms with Crippen molar-refractivity contribution >= 4 is 11.6 Å². The van der Waals surface area contributed by atoms with Crippen LogP contribution < -0.4 is 15.4 Å². The molecule has 0 spiro atoms. The molecule has 1 saturated heterocycles. The summed E-state index contributed by atoms with van der Waals surface area (Å²) >= 11 is 0. The highest BCUT2D eigenvalue weighted by molar-refractivity contribution is 5.93. The van der Waals surface area contributed by atoms with Crippen molar-refractivity contribution < 1.29 is 9.53 Å². The van der Waals surface area contributed by atoms with Crippen molar-refractivity contribution in [1.29, 1.82) is 0 Å². The summed E-state index contributed by atoms with van der Waals surface area (Å²) in [7, 11) is 1.61. The van der Waals surface area contributed by atoms with Gasteiger partial charge in [-0.05, 0) is 24.6 Å². The van der Waals surface area contributed by atoms with Crippen LogP contribution in [0.1, 0.15) is 6.92 Å². The zero-order valence-corrected chi connectivity index (χ0v) is 10.2. The van der Waals surface area contributed by atoms with Crippen LogP contribution in [-0.2, 0) is 4.79 Å². The SMILES string of the molecule is COc1cccc(NC(=O)C2CNCC2C)c1. The quantitative estimate of drug-likeness (QED) is 0.833. The van der Waals surface area contributed by atoms with Crippen LogP contribution in [0.15, 0.2) is 24.3 Å². The minimum Gasteiger partial charge on any atom is -0.497 e. The zero-order valence-electron chi connectivity index (χ0n) is 10.2. The third-order valence-electron chi connectivity index (χ3n) is 3.19. The van der Waals surface area contributed by atoms with E-state index in [9.17, 15) is 4.79 Å². The Morgan fingerprint density at radius 1 is 1.47 bits per heavy atom. The molecule has 1 amide bonds. The lowest BCUT2D eigenvalue weighted by Gasteiger charge is -2.14. The van der Waals surface area contributed by atoms with Gasteiger partial charge in [0.25, 0.3) is 0 Å². The fraction of sp³-hybridized carbons (Fsp3) is 0.462. The van der Waals surface area contributed by atoms with Crippen molar-refractivity contribution in [3.05, 3.63) is 24.3 Å². The molecule has 0 saturated carbocycles. The molecule has 2 rings (SSSR count). The van der Waals surface area contributed by atoms with E-state index in [4.69, 9.17) is 4.74 Å². The highest BCUT2D eigenvalue weighted by Gasteiger charge is 2.29. The van der Waals surface area contributed by atoms with Gasteiger partial charge >= 0.3 is 0 Å². The number of carbonyl (C=O) groups is 1. The number of carbonyl (C=O) groups excluding carboxylic acids is 1. The van der Waals surface area contributed by atoms with Gasteiger partial charge in [-0.3, -0.25) is 4.79 Å². The topological polar surface area (TPSA) is 50.4 Å². The van der Waals surface area contributed by atoms with Crippen LogP contribution in [0, 0.1) is 11.8 Å². The molecule has 4 heteroatoms. The Bertz CT molecular complexity index is 406. The van der Waals surface area contributed by atoms with E-state index in [1.807, 2.05) is 24.3 Å². The smallest absolute Gasteiger partial charge is 0.229 e. The third-order valence-corrected chi connectivity index (χ3v) is 3.19. The van der Waals surface area contributed by atoms with Crippen LogP contribution in [0.3, 0.4) is 0 Å². The molecule has 92 valence electrons. The molecule has 17 heavy (non-hydrogen) atoms. The molecule has 4 nitrogen and oxygen atoms in total. The van der Waals surface area contributed by atoms with E-state index >= 15 is 0 Å². The van der Waals surface area contributed by atoms with Gasteiger partial charge in [0.2, 0.25) is 5.91 Å². The number of anilines is 1. The number of methoxy groups -OCH3 is 1. The Morgan fingerprint density at radius 2 is 2.29 bits per heavy atom. The monoisotopic (exact) mass is 234 g/mol. The highest BCUT2D eigenvalue weighted by atomic mass is 16.5. The first-order valence-electron chi connectivity index (χ1n) is 5.86. The van der Waals surface area contributed by atoms with E-state index in [1.165, 1.54) is 0 Å². The Kier molecular flexibility index (Phi) is 3.64. The average Bonchev–Trinajstić information content (AvgIpc) is 2.76. The molecule has 1 fully saturated rings. The number of hydrogen-bond donors (Lipinski definition) is 2. The first-order valence-corrected chi connectivity index (χ1v) is 5.86. The molecule has 2 N–H and O–H groups in total. The number of amides is 1. The zero-order chi connectivity index (χ0) is 12.3. The lowest BCUT2D eigenvalue weighted by atomic mass is 9.97. The number of rotatable bonds is 3. The Balaban J connectivity index is 2.02. The predicted octanol–water partition coefficient (Wildman–Crippen LogP) is 1.49. The summed E-state index contributed by atoms with van der Waals surface area (Å²) in [5, 5.41) is 6.16. The third kappa shape index (κ3) is 2.77. The molecule has 2 unspecified atom stereocenters. The number of nitrogens with one attached hydrogen (secondary N) is 2. The van der Waals surface area contributed by atoms with Crippen molar-refractivity contribution in [3.8, 4) is 5.75 Å². The second kappa shape index (κ2) is 5.19. The minimum absolute atomic E-state index is 0.0567. The molecule has 1 aliphatic rings. The molecule has 0 aliphatic carbocycles. The van der Waals surface area contributed by atoms with Crippen LogP contribution in [0.5, 0.6) is 5.75 Å². The average molecular weight is 234 g/mol.